The van der Waals surface area contributed by atoms with Crippen LogP contribution in [0, 0.1) is 16.0 Å². The third kappa shape index (κ3) is 3.69. The fourth-order valence-corrected chi connectivity index (χ4v) is 2.72. The van der Waals surface area contributed by atoms with Gasteiger partial charge >= 0.3 is 5.69 Å². The Morgan fingerprint density at radius 3 is 3.00 bits per heavy atom. The Balaban J connectivity index is 2.04. The molecular formula is C14H20N4O3. The highest BCUT2D eigenvalue weighted by Crippen LogP contribution is 2.25. The minimum absolute atomic E-state index is 0.00468. The van der Waals surface area contributed by atoms with Crippen LogP contribution in [0.25, 0.3) is 0 Å². The minimum atomic E-state index is -0.612. The topological polar surface area (TPSA) is 102 Å². The van der Waals surface area contributed by atoms with Crippen molar-refractivity contribution in [2.45, 2.75) is 12.8 Å². The first-order valence-corrected chi connectivity index (χ1v) is 6.98. The van der Waals surface area contributed by atoms with Gasteiger partial charge in [0.2, 0.25) is 0 Å². The average molecular weight is 292 g/mol. The molecule has 0 bridgehead atoms. The molecule has 1 aliphatic rings. The maximum Gasteiger partial charge on any atom is 0.304 e. The lowest BCUT2D eigenvalue weighted by Crippen LogP contribution is -2.39. The maximum atomic E-state index is 12.2. The van der Waals surface area contributed by atoms with Crippen molar-refractivity contribution in [1.29, 1.82) is 0 Å². The first kappa shape index (κ1) is 15.2. The van der Waals surface area contributed by atoms with E-state index >= 15 is 0 Å². The molecule has 1 atom stereocenters. The van der Waals surface area contributed by atoms with E-state index in [1.165, 1.54) is 12.1 Å². The van der Waals surface area contributed by atoms with Gasteiger partial charge in [-0.15, -0.1) is 0 Å². The summed E-state index contributed by atoms with van der Waals surface area (Å²) < 4.78 is 0. The third-order valence-corrected chi connectivity index (χ3v) is 3.77. The van der Waals surface area contributed by atoms with Gasteiger partial charge in [0.05, 0.1) is 4.92 Å². The van der Waals surface area contributed by atoms with Crippen molar-refractivity contribution in [2.75, 3.05) is 32.4 Å². The quantitative estimate of drug-likeness (QED) is 0.494. The molecule has 1 aliphatic heterocycles. The number of likely N-dealkylation sites (tertiary alicyclic amines) is 1. The smallest absolute Gasteiger partial charge is 0.304 e. The second-order valence-corrected chi connectivity index (χ2v) is 5.48. The van der Waals surface area contributed by atoms with Gasteiger partial charge in [-0.25, -0.2) is 0 Å². The molecule has 1 aromatic rings. The van der Waals surface area contributed by atoms with E-state index in [-0.39, 0.29) is 16.9 Å². The predicted octanol–water partition coefficient (Wildman–Crippen LogP) is 1.25. The summed E-state index contributed by atoms with van der Waals surface area (Å²) in [6.45, 7) is 2.53. The van der Waals surface area contributed by atoms with Gasteiger partial charge in [-0.05, 0) is 44.5 Å². The van der Waals surface area contributed by atoms with E-state index in [1.807, 2.05) is 0 Å². The number of nitro groups is 1. The van der Waals surface area contributed by atoms with Crippen LogP contribution in [0.15, 0.2) is 18.2 Å². The number of anilines is 1. The lowest BCUT2D eigenvalue weighted by atomic mass is 9.98. The fraction of sp³-hybridized carbons (Fsp3) is 0.500. The van der Waals surface area contributed by atoms with Crippen LogP contribution in [0.4, 0.5) is 11.4 Å². The monoisotopic (exact) mass is 292 g/mol. The van der Waals surface area contributed by atoms with Crippen molar-refractivity contribution in [1.82, 2.24) is 10.2 Å². The number of hydrogen-bond donors (Lipinski definition) is 2. The van der Waals surface area contributed by atoms with Crippen molar-refractivity contribution < 1.29 is 9.72 Å². The van der Waals surface area contributed by atoms with Crippen molar-refractivity contribution >= 4 is 17.3 Å². The van der Waals surface area contributed by atoms with Crippen LogP contribution in [0.2, 0.25) is 0 Å². The second-order valence-electron chi connectivity index (χ2n) is 5.48. The number of carbonyl (C=O) groups excluding carboxylic acids is 1. The number of nitrogens with zero attached hydrogens (tertiary/aromatic N) is 2. The lowest BCUT2D eigenvalue weighted by molar-refractivity contribution is -0.384. The summed E-state index contributed by atoms with van der Waals surface area (Å²) in [4.78, 5) is 24.8. The highest BCUT2D eigenvalue weighted by Gasteiger charge is 2.24. The molecule has 0 aromatic heterocycles. The number of para-hydroxylation sites is 1. The van der Waals surface area contributed by atoms with Gasteiger partial charge in [-0.3, -0.25) is 14.9 Å². The van der Waals surface area contributed by atoms with Crippen LogP contribution in [-0.4, -0.2) is 42.4 Å². The molecule has 1 saturated heterocycles. The van der Waals surface area contributed by atoms with E-state index in [2.05, 4.69) is 17.3 Å². The number of carbonyl (C=O) groups is 1. The van der Waals surface area contributed by atoms with Crippen molar-refractivity contribution in [3.05, 3.63) is 33.9 Å². The molecule has 2 rings (SSSR count). The van der Waals surface area contributed by atoms with E-state index in [4.69, 9.17) is 5.73 Å². The zero-order valence-corrected chi connectivity index (χ0v) is 12.0. The fourth-order valence-electron chi connectivity index (χ4n) is 2.72. The summed E-state index contributed by atoms with van der Waals surface area (Å²) >= 11 is 0. The second kappa shape index (κ2) is 6.53. The minimum Gasteiger partial charge on any atom is -0.393 e. The van der Waals surface area contributed by atoms with E-state index in [0.29, 0.717) is 12.5 Å². The predicted molar refractivity (Wildman–Crippen MR) is 80.1 cm³/mol. The number of nitro benzene ring substituents is 1. The van der Waals surface area contributed by atoms with Crippen LogP contribution in [0.5, 0.6) is 0 Å². The van der Waals surface area contributed by atoms with Crippen molar-refractivity contribution in [2.24, 2.45) is 5.92 Å². The van der Waals surface area contributed by atoms with Gasteiger partial charge < -0.3 is 16.0 Å². The normalized spacial score (nSPS) is 19.2. The molecule has 7 heteroatoms. The van der Waals surface area contributed by atoms with Crippen LogP contribution >= 0.6 is 0 Å². The molecule has 3 N–H and O–H groups in total. The Bertz CT molecular complexity index is 547. The molecule has 1 fully saturated rings. The molecule has 21 heavy (non-hydrogen) atoms. The SMILES string of the molecule is CN1CCCC(CNC(=O)c2cccc(N)c2[N+](=O)[O-])C1. The van der Waals surface area contributed by atoms with Gasteiger partial charge in [-0.1, -0.05) is 6.07 Å². The number of rotatable bonds is 4. The molecule has 1 aromatic carbocycles. The molecule has 0 radical (unpaired) electrons. The summed E-state index contributed by atoms with van der Waals surface area (Å²) in [5, 5.41) is 13.8. The lowest BCUT2D eigenvalue weighted by Gasteiger charge is -2.29. The standard InChI is InChI=1S/C14H20N4O3/c1-17-7-3-4-10(9-17)8-16-14(19)11-5-2-6-12(15)13(11)18(20)21/h2,5-6,10H,3-4,7-9,15H2,1H3,(H,16,19). The van der Waals surface area contributed by atoms with Gasteiger partial charge in [-0.2, -0.15) is 0 Å². The number of piperidine rings is 1. The van der Waals surface area contributed by atoms with Crippen LogP contribution in [0.3, 0.4) is 0 Å². The Labute approximate surface area is 123 Å². The van der Waals surface area contributed by atoms with Crippen molar-refractivity contribution in [3.8, 4) is 0 Å². The molecule has 1 heterocycles. The largest absolute Gasteiger partial charge is 0.393 e. The van der Waals surface area contributed by atoms with E-state index in [1.54, 1.807) is 6.07 Å². The van der Waals surface area contributed by atoms with Crippen LogP contribution in [-0.2, 0) is 0 Å². The van der Waals surface area contributed by atoms with Crippen LogP contribution in [0.1, 0.15) is 23.2 Å². The molecule has 1 amide bonds. The number of amides is 1. The number of hydrogen-bond acceptors (Lipinski definition) is 5. The Morgan fingerprint density at radius 1 is 1.57 bits per heavy atom. The molecule has 0 saturated carbocycles. The first-order valence-electron chi connectivity index (χ1n) is 6.98. The number of nitrogens with two attached hydrogens (primary N) is 1. The summed E-state index contributed by atoms with van der Waals surface area (Å²) in [6.07, 6.45) is 2.17. The highest BCUT2D eigenvalue weighted by atomic mass is 16.6. The molecule has 1 unspecified atom stereocenters. The molecule has 7 nitrogen and oxygen atoms in total. The molecule has 0 aliphatic carbocycles. The van der Waals surface area contributed by atoms with Gasteiger partial charge in [0.15, 0.2) is 0 Å². The third-order valence-electron chi connectivity index (χ3n) is 3.77. The van der Waals surface area contributed by atoms with Gasteiger partial charge in [0.1, 0.15) is 11.3 Å². The zero-order chi connectivity index (χ0) is 15.4. The highest BCUT2D eigenvalue weighted by molar-refractivity contribution is 6.00. The number of nitrogens with one attached hydrogen (secondary N) is 1. The van der Waals surface area contributed by atoms with Crippen LogP contribution < -0.4 is 11.1 Å². The number of benzene rings is 1. The number of nitrogen functional groups attached to an aromatic ring is 1. The first-order chi connectivity index (χ1) is 9.99. The van der Waals surface area contributed by atoms with E-state index < -0.39 is 10.8 Å². The van der Waals surface area contributed by atoms with Crippen molar-refractivity contribution in [3.63, 3.8) is 0 Å². The molecular weight excluding hydrogens is 272 g/mol. The van der Waals surface area contributed by atoms with Gasteiger partial charge in [0.25, 0.3) is 5.91 Å². The maximum absolute atomic E-state index is 12.2. The van der Waals surface area contributed by atoms with E-state index in [0.717, 1.165) is 25.9 Å². The zero-order valence-electron chi connectivity index (χ0n) is 12.0. The molecule has 0 spiro atoms. The Morgan fingerprint density at radius 2 is 2.33 bits per heavy atom. The summed E-state index contributed by atoms with van der Waals surface area (Å²) in [5.41, 5.74) is 5.29. The summed E-state index contributed by atoms with van der Waals surface area (Å²) in [5.74, 6) is -0.0601. The Hall–Kier alpha value is -2.15. The average Bonchev–Trinajstić information content (AvgIpc) is 2.44. The van der Waals surface area contributed by atoms with E-state index in [9.17, 15) is 14.9 Å². The van der Waals surface area contributed by atoms with Gasteiger partial charge in [0, 0.05) is 13.1 Å². The Kier molecular flexibility index (Phi) is 4.74. The summed E-state index contributed by atoms with van der Waals surface area (Å²) in [6, 6.07) is 4.40. The summed E-state index contributed by atoms with van der Waals surface area (Å²) in [7, 11) is 2.05. The molecule has 114 valence electrons.